The van der Waals surface area contributed by atoms with Gasteiger partial charge in [0.2, 0.25) is 0 Å². The fourth-order valence-corrected chi connectivity index (χ4v) is 2.83. The van der Waals surface area contributed by atoms with Gasteiger partial charge < -0.3 is 15.7 Å². The van der Waals surface area contributed by atoms with Gasteiger partial charge in [0.1, 0.15) is 5.75 Å². The maximum Gasteiger partial charge on any atom is 0.175 e. The van der Waals surface area contributed by atoms with Gasteiger partial charge in [0, 0.05) is 11.8 Å². The van der Waals surface area contributed by atoms with Crippen molar-refractivity contribution in [1.29, 1.82) is 0 Å². The van der Waals surface area contributed by atoms with Gasteiger partial charge in [-0.05, 0) is 32.6 Å². The molecule has 0 spiro atoms. The highest BCUT2D eigenvalue weighted by Crippen LogP contribution is 2.27. The Balaban J connectivity index is 2.16. The van der Waals surface area contributed by atoms with Crippen LogP contribution in [0.2, 0.25) is 0 Å². The SMILES string of the molecule is Cc1cc(OCC2CCCCC2)c(/C(N)=N/O)c(C)n1. The van der Waals surface area contributed by atoms with Crippen LogP contribution in [-0.4, -0.2) is 22.6 Å². The van der Waals surface area contributed by atoms with Crippen molar-refractivity contribution in [3.05, 3.63) is 23.0 Å². The van der Waals surface area contributed by atoms with Gasteiger partial charge in [-0.15, -0.1) is 0 Å². The van der Waals surface area contributed by atoms with Crippen molar-refractivity contribution < 1.29 is 9.94 Å². The Labute approximate surface area is 119 Å². The molecule has 1 aliphatic carbocycles. The fourth-order valence-electron chi connectivity index (χ4n) is 2.83. The molecule has 5 nitrogen and oxygen atoms in total. The molecule has 1 heterocycles. The fraction of sp³-hybridized carbons (Fsp3) is 0.600. The van der Waals surface area contributed by atoms with Crippen LogP contribution < -0.4 is 10.5 Å². The number of hydrogen-bond acceptors (Lipinski definition) is 4. The molecule has 2 rings (SSSR count). The lowest BCUT2D eigenvalue weighted by atomic mass is 9.90. The molecule has 0 aromatic carbocycles. The summed E-state index contributed by atoms with van der Waals surface area (Å²) in [4.78, 5) is 4.35. The van der Waals surface area contributed by atoms with E-state index in [0.29, 0.717) is 23.8 Å². The van der Waals surface area contributed by atoms with E-state index in [1.165, 1.54) is 32.1 Å². The lowest BCUT2D eigenvalue weighted by Crippen LogP contribution is -2.20. The molecule has 3 N–H and O–H groups in total. The van der Waals surface area contributed by atoms with Gasteiger partial charge in [0.15, 0.2) is 5.84 Å². The Morgan fingerprint density at radius 2 is 2.10 bits per heavy atom. The van der Waals surface area contributed by atoms with Crippen LogP contribution in [-0.2, 0) is 0 Å². The average Bonchev–Trinajstić information content (AvgIpc) is 2.45. The smallest absolute Gasteiger partial charge is 0.175 e. The van der Waals surface area contributed by atoms with Crippen LogP contribution >= 0.6 is 0 Å². The molecular formula is C15H23N3O2. The number of amidine groups is 1. The van der Waals surface area contributed by atoms with Crippen molar-refractivity contribution in [2.24, 2.45) is 16.8 Å². The van der Waals surface area contributed by atoms with Gasteiger partial charge in [0.25, 0.3) is 0 Å². The van der Waals surface area contributed by atoms with E-state index >= 15 is 0 Å². The zero-order chi connectivity index (χ0) is 14.5. The quantitative estimate of drug-likeness (QED) is 0.384. The summed E-state index contributed by atoms with van der Waals surface area (Å²) in [7, 11) is 0. The second-order valence-corrected chi connectivity index (χ2v) is 5.52. The third-order valence-electron chi connectivity index (χ3n) is 3.86. The lowest BCUT2D eigenvalue weighted by Gasteiger charge is -2.22. The summed E-state index contributed by atoms with van der Waals surface area (Å²) >= 11 is 0. The zero-order valence-corrected chi connectivity index (χ0v) is 12.2. The molecule has 1 aromatic heterocycles. The first-order valence-electron chi connectivity index (χ1n) is 7.20. The summed E-state index contributed by atoms with van der Waals surface area (Å²) in [6.45, 7) is 4.44. The van der Waals surface area contributed by atoms with E-state index in [9.17, 15) is 0 Å². The molecule has 1 fully saturated rings. The van der Waals surface area contributed by atoms with Crippen LogP contribution in [0.3, 0.4) is 0 Å². The van der Waals surface area contributed by atoms with Crippen LogP contribution in [0, 0.1) is 19.8 Å². The van der Waals surface area contributed by atoms with Crippen molar-refractivity contribution in [3.63, 3.8) is 0 Å². The summed E-state index contributed by atoms with van der Waals surface area (Å²) in [6.07, 6.45) is 6.36. The summed E-state index contributed by atoms with van der Waals surface area (Å²) in [5.74, 6) is 1.32. The molecular weight excluding hydrogens is 254 g/mol. The van der Waals surface area contributed by atoms with Gasteiger partial charge in [0.05, 0.1) is 17.9 Å². The molecule has 5 heteroatoms. The van der Waals surface area contributed by atoms with Crippen molar-refractivity contribution >= 4 is 5.84 Å². The Morgan fingerprint density at radius 3 is 2.75 bits per heavy atom. The van der Waals surface area contributed by atoms with E-state index in [0.717, 1.165) is 11.4 Å². The number of hydrogen-bond donors (Lipinski definition) is 2. The van der Waals surface area contributed by atoms with Gasteiger partial charge >= 0.3 is 0 Å². The van der Waals surface area contributed by atoms with E-state index < -0.39 is 0 Å². The molecule has 20 heavy (non-hydrogen) atoms. The van der Waals surface area contributed by atoms with Crippen LogP contribution in [0.4, 0.5) is 0 Å². The zero-order valence-electron chi connectivity index (χ0n) is 12.2. The summed E-state index contributed by atoms with van der Waals surface area (Å²) in [5, 5.41) is 12.0. The van der Waals surface area contributed by atoms with E-state index in [-0.39, 0.29) is 5.84 Å². The third-order valence-corrected chi connectivity index (χ3v) is 3.86. The maximum atomic E-state index is 8.90. The Bertz CT molecular complexity index is 494. The largest absolute Gasteiger partial charge is 0.492 e. The maximum absolute atomic E-state index is 8.90. The van der Waals surface area contributed by atoms with E-state index in [4.69, 9.17) is 15.7 Å². The highest BCUT2D eigenvalue weighted by atomic mass is 16.5. The minimum Gasteiger partial charge on any atom is -0.492 e. The van der Waals surface area contributed by atoms with Gasteiger partial charge in [-0.25, -0.2) is 0 Å². The van der Waals surface area contributed by atoms with Crippen LogP contribution in [0.1, 0.15) is 49.1 Å². The van der Waals surface area contributed by atoms with Crippen LogP contribution in [0.25, 0.3) is 0 Å². The minimum atomic E-state index is 0.0497. The number of nitrogens with two attached hydrogens (primary N) is 1. The number of nitrogens with zero attached hydrogens (tertiary/aromatic N) is 2. The molecule has 0 radical (unpaired) electrons. The number of rotatable bonds is 4. The number of ether oxygens (including phenoxy) is 1. The Hall–Kier alpha value is -1.78. The number of pyridine rings is 1. The normalized spacial score (nSPS) is 17.2. The number of aromatic nitrogens is 1. The first kappa shape index (κ1) is 14.6. The summed E-state index contributed by atoms with van der Waals surface area (Å²) in [5.41, 5.74) is 7.92. The Kier molecular flexibility index (Phi) is 4.82. The average molecular weight is 277 g/mol. The number of aryl methyl sites for hydroxylation is 2. The van der Waals surface area contributed by atoms with Crippen molar-refractivity contribution in [2.75, 3.05) is 6.61 Å². The molecule has 1 saturated carbocycles. The van der Waals surface area contributed by atoms with E-state index in [1.54, 1.807) is 0 Å². The molecule has 110 valence electrons. The predicted molar refractivity (Wildman–Crippen MR) is 78.3 cm³/mol. The molecule has 0 aliphatic heterocycles. The topological polar surface area (TPSA) is 80.7 Å². The molecule has 0 atom stereocenters. The highest BCUT2D eigenvalue weighted by Gasteiger charge is 2.18. The van der Waals surface area contributed by atoms with Crippen LogP contribution in [0.5, 0.6) is 5.75 Å². The van der Waals surface area contributed by atoms with Gasteiger partial charge in [-0.2, -0.15) is 0 Å². The monoisotopic (exact) mass is 277 g/mol. The van der Waals surface area contributed by atoms with E-state index in [1.807, 2.05) is 19.9 Å². The summed E-state index contributed by atoms with van der Waals surface area (Å²) < 4.78 is 5.95. The highest BCUT2D eigenvalue weighted by molar-refractivity contribution is 6.00. The minimum absolute atomic E-state index is 0.0497. The third kappa shape index (κ3) is 3.40. The van der Waals surface area contributed by atoms with E-state index in [2.05, 4.69) is 10.1 Å². The second kappa shape index (κ2) is 6.59. The first-order valence-corrected chi connectivity index (χ1v) is 7.20. The molecule has 0 unspecified atom stereocenters. The molecule has 0 amide bonds. The van der Waals surface area contributed by atoms with Crippen molar-refractivity contribution in [1.82, 2.24) is 4.98 Å². The standard InChI is InChI=1S/C15H23N3O2/c1-10-8-13(14(11(2)17-10)15(16)18-19)20-9-12-6-4-3-5-7-12/h8,12,19H,3-7,9H2,1-2H3,(H2,16,18). The predicted octanol–water partition coefficient (Wildman–Crippen LogP) is 2.75. The van der Waals surface area contributed by atoms with Gasteiger partial charge in [-0.3, -0.25) is 4.98 Å². The number of oxime groups is 1. The second-order valence-electron chi connectivity index (χ2n) is 5.52. The Morgan fingerprint density at radius 1 is 1.40 bits per heavy atom. The van der Waals surface area contributed by atoms with Crippen molar-refractivity contribution in [2.45, 2.75) is 46.0 Å². The molecule has 1 aromatic rings. The molecule has 0 bridgehead atoms. The first-order chi connectivity index (χ1) is 9.61. The van der Waals surface area contributed by atoms with Crippen molar-refractivity contribution in [3.8, 4) is 5.75 Å². The van der Waals surface area contributed by atoms with Gasteiger partial charge in [-0.1, -0.05) is 24.4 Å². The molecule has 1 aliphatic rings. The summed E-state index contributed by atoms with van der Waals surface area (Å²) in [6, 6.07) is 1.85. The van der Waals surface area contributed by atoms with Crippen LogP contribution in [0.15, 0.2) is 11.2 Å². The lowest BCUT2D eigenvalue weighted by molar-refractivity contribution is 0.208. The molecule has 0 saturated heterocycles.